The molecule has 0 N–H and O–H groups in total. The second kappa shape index (κ2) is 7.24. The van der Waals surface area contributed by atoms with Gasteiger partial charge in [0.25, 0.3) is 0 Å². The molecule has 0 aliphatic heterocycles. The lowest BCUT2D eigenvalue weighted by Gasteiger charge is -2.07. The van der Waals surface area contributed by atoms with Crippen molar-refractivity contribution >= 4 is 0 Å². The maximum atomic E-state index is 4.06. The van der Waals surface area contributed by atoms with Crippen LogP contribution in [0.4, 0.5) is 0 Å². The Bertz CT molecular complexity index is 624. The van der Waals surface area contributed by atoms with E-state index in [0.29, 0.717) is 0 Å². The molecule has 0 fully saturated rings. The van der Waals surface area contributed by atoms with E-state index in [-0.39, 0.29) is 0 Å². The molecule has 3 aromatic rings. The van der Waals surface area contributed by atoms with Crippen molar-refractivity contribution < 1.29 is 0 Å². The fraction of sp³-hybridized carbons (Fsp3) is 0.176. The number of nitrogens with zero attached hydrogens (tertiary/aromatic N) is 4. The molecule has 2 heterocycles. The lowest BCUT2D eigenvalue weighted by molar-refractivity contribution is 1.17. The normalized spacial score (nSPS) is 9.67. The van der Waals surface area contributed by atoms with Crippen molar-refractivity contribution in [1.82, 2.24) is 19.9 Å². The Morgan fingerprint density at radius 3 is 1.33 bits per heavy atom. The molecule has 4 nitrogen and oxygen atoms in total. The zero-order chi connectivity index (χ0) is 15.1. The molecule has 0 amide bonds. The molecule has 2 aromatic heterocycles. The second-order valence-corrected chi connectivity index (χ2v) is 4.34. The van der Waals surface area contributed by atoms with Crippen LogP contribution in [0.1, 0.15) is 19.4 Å². The van der Waals surface area contributed by atoms with Gasteiger partial charge in [-0.1, -0.05) is 26.0 Å². The van der Waals surface area contributed by atoms with Crippen LogP contribution in [0.5, 0.6) is 0 Å². The zero-order valence-corrected chi connectivity index (χ0v) is 12.5. The minimum atomic E-state index is 1.00. The van der Waals surface area contributed by atoms with Crippen LogP contribution in [-0.2, 0) is 0 Å². The summed E-state index contributed by atoms with van der Waals surface area (Å²) >= 11 is 0. The van der Waals surface area contributed by atoms with E-state index in [4.69, 9.17) is 0 Å². The van der Waals surface area contributed by atoms with Crippen LogP contribution in [0.3, 0.4) is 0 Å². The van der Waals surface area contributed by atoms with Crippen LogP contribution in [0.25, 0.3) is 22.3 Å². The molecule has 3 rings (SSSR count). The van der Waals surface area contributed by atoms with Crippen molar-refractivity contribution in [3.05, 3.63) is 61.2 Å². The third-order valence-corrected chi connectivity index (χ3v) is 2.87. The van der Waals surface area contributed by atoms with Gasteiger partial charge in [0.05, 0.1) is 0 Å². The SMILES string of the molecule is CC.Cc1cc(-c2cncnc2)cc(-c2cncnc2)c1. The molecule has 1 aromatic carbocycles. The van der Waals surface area contributed by atoms with Crippen LogP contribution in [0.2, 0.25) is 0 Å². The van der Waals surface area contributed by atoms with E-state index in [9.17, 15) is 0 Å². The van der Waals surface area contributed by atoms with Crippen molar-refractivity contribution in [2.75, 3.05) is 0 Å². The van der Waals surface area contributed by atoms with Crippen molar-refractivity contribution in [1.29, 1.82) is 0 Å². The predicted molar refractivity (Wildman–Crippen MR) is 84.6 cm³/mol. The maximum absolute atomic E-state index is 4.06. The molecule has 21 heavy (non-hydrogen) atoms. The van der Waals surface area contributed by atoms with Crippen molar-refractivity contribution in [3.8, 4) is 22.3 Å². The Labute approximate surface area is 125 Å². The first-order valence-corrected chi connectivity index (χ1v) is 6.95. The number of hydrogen-bond acceptors (Lipinski definition) is 4. The van der Waals surface area contributed by atoms with Crippen LogP contribution in [0, 0.1) is 6.92 Å². The van der Waals surface area contributed by atoms with Crippen molar-refractivity contribution in [3.63, 3.8) is 0 Å². The van der Waals surface area contributed by atoms with E-state index in [2.05, 4.69) is 45.1 Å². The average Bonchev–Trinajstić information content (AvgIpc) is 2.58. The summed E-state index contributed by atoms with van der Waals surface area (Å²) < 4.78 is 0. The molecular weight excluding hydrogens is 260 g/mol. The Hall–Kier alpha value is -2.62. The van der Waals surface area contributed by atoms with Crippen LogP contribution >= 0.6 is 0 Å². The van der Waals surface area contributed by atoms with E-state index in [1.807, 2.05) is 38.6 Å². The first kappa shape index (κ1) is 14.8. The number of benzene rings is 1. The predicted octanol–water partition coefficient (Wildman–Crippen LogP) is 3.94. The van der Waals surface area contributed by atoms with Gasteiger partial charge in [-0.15, -0.1) is 0 Å². The minimum absolute atomic E-state index is 1.00. The molecule has 0 aliphatic rings. The highest BCUT2D eigenvalue weighted by atomic mass is 14.8. The first-order chi connectivity index (χ1) is 10.3. The summed E-state index contributed by atoms with van der Waals surface area (Å²) in [4.78, 5) is 16.2. The minimum Gasteiger partial charge on any atom is -0.244 e. The van der Waals surface area contributed by atoms with E-state index < -0.39 is 0 Å². The first-order valence-electron chi connectivity index (χ1n) is 6.95. The van der Waals surface area contributed by atoms with Gasteiger partial charge in [-0.3, -0.25) is 0 Å². The van der Waals surface area contributed by atoms with Gasteiger partial charge in [-0.05, 0) is 29.7 Å². The lowest BCUT2D eigenvalue weighted by Crippen LogP contribution is -1.87. The number of hydrogen-bond donors (Lipinski definition) is 0. The van der Waals surface area contributed by atoms with Gasteiger partial charge in [0.15, 0.2) is 0 Å². The summed E-state index contributed by atoms with van der Waals surface area (Å²) in [5.41, 5.74) is 5.38. The van der Waals surface area contributed by atoms with Gasteiger partial charge in [0, 0.05) is 35.9 Å². The third kappa shape index (κ3) is 3.69. The van der Waals surface area contributed by atoms with E-state index in [1.54, 1.807) is 0 Å². The summed E-state index contributed by atoms with van der Waals surface area (Å²) in [6.07, 6.45) is 10.3. The second-order valence-electron chi connectivity index (χ2n) is 4.34. The highest BCUT2D eigenvalue weighted by Crippen LogP contribution is 2.26. The standard InChI is InChI=1S/C15H12N4.C2H6/c1-11-2-12(14-5-16-9-17-6-14)4-13(3-11)15-7-18-10-19-8-15;1-2/h2-10H,1H3;1-2H3. The molecule has 0 spiro atoms. The highest BCUT2D eigenvalue weighted by Gasteiger charge is 2.04. The molecule has 4 heteroatoms. The number of aryl methyl sites for hydroxylation is 1. The smallest absolute Gasteiger partial charge is 0.115 e. The van der Waals surface area contributed by atoms with Crippen molar-refractivity contribution in [2.45, 2.75) is 20.8 Å². The summed E-state index contributed by atoms with van der Waals surface area (Å²) in [7, 11) is 0. The third-order valence-electron chi connectivity index (χ3n) is 2.87. The molecule has 106 valence electrons. The lowest BCUT2D eigenvalue weighted by atomic mass is 9.99. The van der Waals surface area contributed by atoms with Gasteiger partial charge in [-0.25, -0.2) is 19.9 Å². The summed E-state index contributed by atoms with van der Waals surface area (Å²) in [6.45, 7) is 6.07. The van der Waals surface area contributed by atoms with Crippen LogP contribution < -0.4 is 0 Å². The Balaban J connectivity index is 0.000000774. The highest BCUT2D eigenvalue weighted by molar-refractivity contribution is 5.72. The molecule has 0 bridgehead atoms. The van der Waals surface area contributed by atoms with Crippen molar-refractivity contribution in [2.24, 2.45) is 0 Å². The van der Waals surface area contributed by atoms with E-state index in [1.165, 1.54) is 18.2 Å². The largest absolute Gasteiger partial charge is 0.244 e. The molecule has 0 unspecified atom stereocenters. The van der Waals surface area contributed by atoms with E-state index in [0.717, 1.165) is 22.3 Å². The van der Waals surface area contributed by atoms with Crippen LogP contribution in [-0.4, -0.2) is 19.9 Å². The Kier molecular flexibility index (Phi) is 5.10. The molecule has 0 saturated heterocycles. The van der Waals surface area contributed by atoms with Gasteiger partial charge in [-0.2, -0.15) is 0 Å². The van der Waals surface area contributed by atoms with Gasteiger partial charge >= 0.3 is 0 Å². The fourth-order valence-electron chi connectivity index (χ4n) is 2.01. The van der Waals surface area contributed by atoms with Crippen LogP contribution in [0.15, 0.2) is 55.6 Å². The number of aromatic nitrogens is 4. The summed E-state index contributed by atoms with van der Waals surface area (Å²) in [5.74, 6) is 0. The molecular formula is C17H18N4. The van der Waals surface area contributed by atoms with Gasteiger partial charge in [0.2, 0.25) is 0 Å². The fourth-order valence-corrected chi connectivity index (χ4v) is 2.01. The Morgan fingerprint density at radius 1 is 0.571 bits per heavy atom. The summed E-state index contributed by atoms with van der Waals surface area (Å²) in [6, 6.07) is 6.34. The van der Waals surface area contributed by atoms with E-state index >= 15 is 0 Å². The quantitative estimate of drug-likeness (QED) is 0.712. The summed E-state index contributed by atoms with van der Waals surface area (Å²) in [5, 5.41) is 0. The number of rotatable bonds is 2. The molecule has 0 saturated carbocycles. The van der Waals surface area contributed by atoms with Gasteiger partial charge < -0.3 is 0 Å². The molecule has 0 aliphatic carbocycles. The van der Waals surface area contributed by atoms with Gasteiger partial charge in [0.1, 0.15) is 12.7 Å². The maximum Gasteiger partial charge on any atom is 0.115 e. The topological polar surface area (TPSA) is 51.6 Å². The zero-order valence-electron chi connectivity index (χ0n) is 12.5. The Morgan fingerprint density at radius 2 is 0.952 bits per heavy atom. The molecule has 0 radical (unpaired) electrons. The average molecular weight is 278 g/mol. The monoisotopic (exact) mass is 278 g/mol. The molecule has 0 atom stereocenters.